The zero-order chi connectivity index (χ0) is 21.2. The Bertz CT molecular complexity index is 804. The largest absolute Gasteiger partial charge is 0.496 e. The molecule has 0 atom stereocenters. The fourth-order valence-corrected chi connectivity index (χ4v) is 3.60. The number of aryl methyl sites for hydroxylation is 1. The predicted molar refractivity (Wildman–Crippen MR) is 121 cm³/mol. The van der Waals surface area contributed by atoms with Gasteiger partial charge in [-0.2, -0.15) is 0 Å². The van der Waals surface area contributed by atoms with E-state index in [-0.39, 0.29) is 0 Å². The molecule has 8 heteroatoms. The highest BCUT2D eigenvalue weighted by molar-refractivity contribution is 5.79. The van der Waals surface area contributed by atoms with E-state index in [9.17, 15) is 0 Å². The van der Waals surface area contributed by atoms with Crippen molar-refractivity contribution in [2.75, 3.05) is 64.9 Å². The van der Waals surface area contributed by atoms with Gasteiger partial charge in [-0.3, -0.25) is 9.89 Å². The minimum atomic E-state index is 0.801. The molecule has 3 rings (SSSR count). The molecule has 162 valence electrons. The minimum absolute atomic E-state index is 0.801. The average Bonchev–Trinajstić information content (AvgIpc) is 2.79. The van der Waals surface area contributed by atoms with Gasteiger partial charge < -0.3 is 20.3 Å². The van der Waals surface area contributed by atoms with Crippen molar-refractivity contribution in [2.45, 2.75) is 13.3 Å². The van der Waals surface area contributed by atoms with Crippen molar-refractivity contribution in [1.29, 1.82) is 0 Å². The Kier molecular flexibility index (Phi) is 8.26. The van der Waals surface area contributed by atoms with E-state index in [1.807, 2.05) is 12.1 Å². The summed E-state index contributed by atoms with van der Waals surface area (Å²) in [4.78, 5) is 17.7. The van der Waals surface area contributed by atoms with Crippen molar-refractivity contribution in [3.8, 4) is 5.75 Å². The number of aromatic nitrogens is 2. The van der Waals surface area contributed by atoms with Crippen LogP contribution in [0.2, 0.25) is 0 Å². The van der Waals surface area contributed by atoms with Crippen LogP contribution in [0.15, 0.2) is 41.7 Å². The molecular formula is C22H33N7O. The summed E-state index contributed by atoms with van der Waals surface area (Å²) in [6.07, 6.45) is 4.48. The van der Waals surface area contributed by atoms with Gasteiger partial charge in [0.1, 0.15) is 5.75 Å². The molecule has 0 spiro atoms. The van der Waals surface area contributed by atoms with E-state index in [1.165, 1.54) is 11.1 Å². The fourth-order valence-electron chi connectivity index (χ4n) is 3.60. The average molecular weight is 412 g/mol. The number of anilines is 1. The smallest absolute Gasteiger partial charge is 0.225 e. The third-order valence-corrected chi connectivity index (χ3v) is 5.27. The Morgan fingerprint density at radius 3 is 2.53 bits per heavy atom. The number of nitrogens with one attached hydrogen (secondary N) is 2. The van der Waals surface area contributed by atoms with Crippen LogP contribution < -0.4 is 20.3 Å². The molecule has 0 saturated carbocycles. The van der Waals surface area contributed by atoms with Crippen molar-refractivity contribution in [1.82, 2.24) is 25.5 Å². The number of piperazine rings is 1. The van der Waals surface area contributed by atoms with Crippen LogP contribution in [-0.2, 0) is 6.42 Å². The summed E-state index contributed by atoms with van der Waals surface area (Å²) in [5, 5.41) is 6.81. The summed E-state index contributed by atoms with van der Waals surface area (Å²) in [6.45, 7) is 8.67. The van der Waals surface area contributed by atoms with Crippen LogP contribution in [0.25, 0.3) is 0 Å². The van der Waals surface area contributed by atoms with Crippen LogP contribution in [-0.4, -0.2) is 80.8 Å². The van der Waals surface area contributed by atoms with Gasteiger partial charge in [-0.05, 0) is 31.0 Å². The number of benzene rings is 1. The van der Waals surface area contributed by atoms with Crippen LogP contribution in [0, 0.1) is 6.92 Å². The molecule has 0 bridgehead atoms. The Hall–Kier alpha value is -2.87. The van der Waals surface area contributed by atoms with Gasteiger partial charge in [-0.1, -0.05) is 17.7 Å². The van der Waals surface area contributed by atoms with Gasteiger partial charge in [0, 0.05) is 65.3 Å². The van der Waals surface area contributed by atoms with E-state index >= 15 is 0 Å². The monoisotopic (exact) mass is 411 g/mol. The van der Waals surface area contributed by atoms with Gasteiger partial charge in [0.25, 0.3) is 0 Å². The summed E-state index contributed by atoms with van der Waals surface area (Å²) >= 11 is 0. The number of aliphatic imine (C=N–C) groups is 1. The zero-order valence-corrected chi connectivity index (χ0v) is 18.3. The second-order valence-corrected chi connectivity index (χ2v) is 7.37. The summed E-state index contributed by atoms with van der Waals surface area (Å²) in [5.74, 6) is 2.59. The molecule has 1 aromatic heterocycles. The van der Waals surface area contributed by atoms with Gasteiger partial charge in [0.2, 0.25) is 5.95 Å². The standard InChI is InChI=1S/C22H33N7O/c1-18-5-6-20(30-3)19(17-18)7-10-24-21(23-2)25-11-12-28-13-15-29(16-14-28)22-26-8-4-9-27-22/h4-6,8-9,17H,7,10-16H2,1-3H3,(H2,23,24,25). The first-order chi connectivity index (χ1) is 14.7. The van der Waals surface area contributed by atoms with E-state index in [2.05, 4.69) is 54.5 Å². The Balaban J connectivity index is 1.35. The Morgan fingerprint density at radius 1 is 1.10 bits per heavy atom. The highest BCUT2D eigenvalue weighted by Crippen LogP contribution is 2.19. The van der Waals surface area contributed by atoms with Gasteiger partial charge >= 0.3 is 0 Å². The number of hydrogen-bond donors (Lipinski definition) is 2. The summed E-state index contributed by atoms with van der Waals surface area (Å²) in [5.41, 5.74) is 2.45. The van der Waals surface area contributed by atoms with Gasteiger partial charge in [0.15, 0.2) is 5.96 Å². The van der Waals surface area contributed by atoms with Crippen molar-refractivity contribution in [3.05, 3.63) is 47.8 Å². The van der Waals surface area contributed by atoms with Gasteiger partial charge in [-0.25, -0.2) is 9.97 Å². The SMILES string of the molecule is CN=C(NCCc1cc(C)ccc1OC)NCCN1CCN(c2ncccn2)CC1. The highest BCUT2D eigenvalue weighted by Gasteiger charge is 2.18. The normalized spacial score (nSPS) is 15.2. The van der Waals surface area contributed by atoms with Crippen molar-refractivity contribution < 1.29 is 4.74 Å². The molecular weight excluding hydrogens is 378 g/mol. The molecule has 30 heavy (non-hydrogen) atoms. The molecule has 1 aliphatic heterocycles. The number of nitrogens with zero attached hydrogens (tertiary/aromatic N) is 5. The van der Waals surface area contributed by atoms with E-state index < -0.39 is 0 Å². The number of methoxy groups -OCH3 is 1. The number of ether oxygens (including phenoxy) is 1. The maximum Gasteiger partial charge on any atom is 0.225 e. The van der Waals surface area contributed by atoms with Crippen LogP contribution in [0.5, 0.6) is 5.75 Å². The van der Waals surface area contributed by atoms with Crippen LogP contribution >= 0.6 is 0 Å². The molecule has 1 aromatic carbocycles. The second kappa shape index (κ2) is 11.3. The first-order valence-corrected chi connectivity index (χ1v) is 10.5. The van der Waals surface area contributed by atoms with Crippen LogP contribution in [0.3, 0.4) is 0 Å². The van der Waals surface area contributed by atoms with Crippen LogP contribution in [0.4, 0.5) is 5.95 Å². The maximum absolute atomic E-state index is 5.46. The first kappa shape index (κ1) is 21.8. The molecule has 2 N–H and O–H groups in total. The lowest BCUT2D eigenvalue weighted by Gasteiger charge is -2.34. The molecule has 0 unspecified atom stereocenters. The molecule has 2 aromatic rings. The fraction of sp³-hybridized carbons (Fsp3) is 0.500. The Labute approximate surface area is 179 Å². The lowest BCUT2D eigenvalue weighted by atomic mass is 10.1. The predicted octanol–water partition coefficient (Wildman–Crippen LogP) is 1.32. The minimum Gasteiger partial charge on any atom is -0.496 e. The number of hydrogen-bond acceptors (Lipinski definition) is 6. The molecule has 0 radical (unpaired) electrons. The number of rotatable bonds is 8. The van der Waals surface area contributed by atoms with E-state index in [1.54, 1.807) is 26.6 Å². The quantitative estimate of drug-likeness (QED) is 0.501. The first-order valence-electron chi connectivity index (χ1n) is 10.5. The Morgan fingerprint density at radius 2 is 1.83 bits per heavy atom. The zero-order valence-electron chi connectivity index (χ0n) is 18.3. The second-order valence-electron chi connectivity index (χ2n) is 7.37. The van der Waals surface area contributed by atoms with Gasteiger partial charge in [-0.15, -0.1) is 0 Å². The van der Waals surface area contributed by atoms with Crippen molar-refractivity contribution in [3.63, 3.8) is 0 Å². The number of guanidine groups is 1. The van der Waals surface area contributed by atoms with Crippen LogP contribution in [0.1, 0.15) is 11.1 Å². The van der Waals surface area contributed by atoms with Gasteiger partial charge in [0.05, 0.1) is 7.11 Å². The topological polar surface area (TPSA) is 77.9 Å². The molecule has 1 fully saturated rings. The molecule has 1 saturated heterocycles. The summed E-state index contributed by atoms with van der Waals surface area (Å²) in [6, 6.07) is 8.13. The molecule has 8 nitrogen and oxygen atoms in total. The van der Waals surface area contributed by atoms with E-state index in [0.29, 0.717) is 0 Å². The third-order valence-electron chi connectivity index (χ3n) is 5.27. The molecule has 0 aliphatic carbocycles. The summed E-state index contributed by atoms with van der Waals surface area (Å²) in [7, 11) is 3.52. The molecule has 2 heterocycles. The molecule has 1 aliphatic rings. The van der Waals surface area contributed by atoms with Crippen molar-refractivity contribution in [2.24, 2.45) is 4.99 Å². The highest BCUT2D eigenvalue weighted by atomic mass is 16.5. The van der Waals surface area contributed by atoms with E-state index in [4.69, 9.17) is 4.74 Å². The summed E-state index contributed by atoms with van der Waals surface area (Å²) < 4.78 is 5.46. The lowest BCUT2D eigenvalue weighted by Crippen LogP contribution is -2.49. The maximum atomic E-state index is 5.46. The van der Waals surface area contributed by atoms with Crippen molar-refractivity contribution >= 4 is 11.9 Å². The van der Waals surface area contributed by atoms with E-state index in [0.717, 1.165) is 69.9 Å². The third kappa shape index (κ3) is 6.32. The lowest BCUT2D eigenvalue weighted by molar-refractivity contribution is 0.260. The molecule has 0 amide bonds.